The molecule has 0 N–H and O–H groups in total. The summed E-state index contributed by atoms with van der Waals surface area (Å²) in [6, 6.07) is 23.3. The minimum absolute atomic E-state index is 0.197. The summed E-state index contributed by atoms with van der Waals surface area (Å²) in [7, 11) is 0. The third-order valence-corrected chi connectivity index (χ3v) is 9.33. The van der Waals surface area contributed by atoms with E-state index in [1.165, 1.54) is 11.3 Å². The van der Waals surface area contributed by atoms with Crippen LogP contribution in [-0.4, -0.2) is 27.5 Å². The van der Waals surface area contributed by atoms with Crippen molar-refractivity contribution < 1.29 is 9.53 Å². The number of hydrogen-bond acceptors (Lipinski definition) is 6. The number of hydrogen-bond donors (Lipinski definition) is 0. The number of aromatic nitrogens is 2. The Morgan fingerprint density at radius 2 is 1.88 bits per heavy atom. The third-order valence-electron chi connectivity index (χ3n) is 7.36. The summed E-state index contributed by atoms with van der Waals surface area (Å²) in [5.74, 6) is -0.464. The molecule has 6 rings (SSSR count). The summed E-state index contributed by atoms with van der Waals surface area (Å²) in [6.07, 6.45) is 5.71. The second-order valence-electron chi connectivity index (χ2n) is 10.7. The number of ether oxygens (including phenoxy) is 1. The first-order chi connectivity index (χ1) is 20.7. The van der Waals surface area contributed by atoms with Crippen LogP contribution in [0, 0.1) is 0 Å². The van der Waals surface area contributed by atoms with Crippen molar-refractivity contribution in [2.24, 2.45) is 4.99 Å². The highest BCUT2D eigenvalue weighted by Gasteiger charge is 2.33. The van der Waals surface area contributed by atoms with Gasteiger partial charge in [-0.2, -0.15) is 0 Å². The minimum Gasteiger partial charge on any atom is -0.459 e. The van der Waals surface area contributed by atoms with Crippen LogP contribution in [0.2, 0.25) is 5.02 Å². The maximum absolute atomic E-state index is 14.2. The maximum atomic E-state index is 14.2. The van der Waals surface area contributed by atoms with Gasteiger partial charge in [0.25, 0.3) is 5.56 Å². The van der Waals surface area contributed by atoms with Gasteiger partial charge in [0.1, 0.15) is 0 Å². The molecule has 3 heterocycles. The summed E-state index contributed by atoms with van der Waals surface area (Å²) in [6.45, 7) is 6.08. The summed E-state index contributed by atoms with van der Waals surface area (Å²) in [5, 5.41) is 1.73. The first-order valence-corrected chi connectivity index (χ1v) is 16.3. The molecule has 5 aromatic rings. The molecule has 0 aliphatic carbocycles. The Kier molecular flexibility index (Phi) is 8.18. The van der Waals surface area contributed by atoms with E-state index in [1.54, 1.807) is 23.3 Å². The van der Waals surface area contributed by atoms with Gasteiger partial charge in [0, 0.05) is 39.1 Å². The van der Waals surface area contributed by atoms with Crippen molar-refractivity contribution in [1.29, 1.82) is 0 Å². The van der Waals surface area contributed by atoms with E-state index in [0.717, 1.165) is 32.5 Å². The lowest BCUT2D eigenvalue weighted by Crippen LogP contribution is -2.40. The van der Waals surface area contributed by atoms with Crippen molar-refractivity contribution >= 4 is 57.6 Å². The van der Waals surface area contributed by atoms with E-state index in [9.17, 15) is 9.59 Å². The Hall–Kier alpha value is -3.85. The van der Waals surface area contributed by atoms with Gasteiger partial charge in [0.15, 0.2) is 4.80 Å². The lowest BCUT2D eigenvalue weighted by Gasteiger charge is -2.25. The Morgan fingerprint density at radius 3 is 2.60 bits per heavy atom. The number of fused-ring (bicyclic) bond motifs is 2. The fraction of sp³-hybridized carbons (Fsp3) is 0.206. The van der Waals surface area contributed by atoms with Crippen LogP contribution in [0.1, 0.15) is 43.5 Å². The molecule has 0 fully saturated rings. The predicted octanol–water partition coefficient (Wildman–Crippen LogP) is 6.57. The molecule has 2 aromatic heterocycles. The second kappa shape index (κ2) is 12.0. The SMILES string of the molecule is CSc1ccc([C@H]2C(C(=O)OC(C)C)=C(C)N=c3s/c(=C\c4cn(Cc5cccc(Cl)c5)c5ccccc45)c(=O)n32)cc1. The van der Waals surface area contributed by atoms with E-state index in [0.29, 0.717) is 32.2 Å². The molecule has 9 heteroatoms. The number of esters is 1. The van der Waals surface area contributed by atoms with Gasteiger partial charge in [-0.3, -0.25) is 9.36 Å². The van der Waals surface area contributed by atoms with Crippen LogP contribution in [0.3, 0.4) is 0 Å². The zero-order chi connectivity index (χ0) is 30.2. The Bertz CT molecular complexity index is 2070. The van der Waals surface area contributed by atoms with Crippen molar-refractivity contribution in [2.75, 3.05) is 6.26 Å². The molecule has 6 nitrogen and oxygen atoms in total. The van der Waals surface area contributed by atoms with Crippen molar-refractivity contribution in [3.63, 3.8) is 0 Å². The van der Waals surface area contributed by atoms with Crippen LogP contribution in [-0.2, 0) is 16.1 Å². The number of thioether (sulfide) groups is 1. The number of para-hydroxylation sites is 1. The van der Waals surface area contributed by atoms with E-state index in [-0.39, 0.29) is 11.7 Å². The van der Waals surface area contributed by atoms with Crippen LogP contribution in [0.25, 0.3) is 17.0 Å². The third kappa shape index (κ3) is 5.75. The molecule has 0 spiro atoms. The maximum Gasteiger partial charge on any atom is 0.338 e. The molecule has 0 bridgehead atoms. The van der Waals surface area contributed by atoms with Gasteiger partial charge in [-0.05, 0) is 74.6 Å². The molecule has 1 atom stereocenters. The number of thiazole rings is 1. The fourth-order valence-electron chi connectivity index (χ4n) is 5.46. The first kappa shape index (κ1) is 29.2. The number of carbonyl (C=O) groups is 1. The summed E-state index contributed by atoms with van der Waals surface area (Å²) in [4.78, 5) is 34.0. The van der Waals surface area contributed by atoms with E-state index >= 15 is 0 Å². The summed E-state index contributed by atoms with van der Waals surface area (Å²) >= 11 is 9.22. The van der Waals surface area contributed by atoms with Crippen molar-refractivity contribution in [2.45, 2.75) is 44.4 Å². The van der Waals surface area contributed by atoms with Crippen molar-refractivity contribution in [3.05, 3.63) is 132 Å². The van der Waals surface area contributed by atoms with Gasteiger partial charge in [-0.1, -0.05) is 65.4 Å². The van der Waals surface area contributed by atoms with Crippen LogP contribution < -0.4 is 14.9 Å². The van der Waals surface area contributed by atoms with Crippen LogP contribution >= 0.6 is 34.7 Å². The Labute approximate surface area is 262 Å². The molecular weight excluding hydrogens is 598 g/mol. The highest BCUT2D eigenvalue weighted by molar-refractivity contribution is 7.98. The highest BCUT2D eigenvalue weighted by atomic mass is 35.5. The van der Waals surface area contributed by atoms with Gasteiger partial charge < -0.3 is 9.30 Å². The Balaban J connectivity index is 1.50. The Morgan fingerprint density at radius 1 is 1.12 bits per heavy atom. The molecule has 0 radical (unpaired) electrons. The van der Waals surface area contributed by atoms with Crippen molar-refractivity contribution in [1.82, 2.24) is 9.13 Å². The lowest BCUT2D eigenvalue weighted by molar-refractivity contribution is -0.143. The van der Waals surface area contributed by atoms with E-state index in [4.69, 9.17) is 21.3 Å². The first-order valence-electron chi connectivity index (χ1n) is 13.9. The van der Waals surface area contributed by atoms with Gasteiger partial charge in [-0.15, -0.1) is 11.8 Å². The number of benzene rings is 3. The smallest absolute Gasteiger partial charge is 0.338 e. The van der Waals surface area contributed by atoms with E-state index < -0.39 is 12.0 Å². The second-order valence-corrected chi connectivity index (χ2v) is 13.0. The number of nitrogens with zero attached hydrogens (tertiary/aromatic N) is 3. The average molecular weight is 628 g/mol. The average Bonchev–Trinajstić information content (AvgIpc) is 3.48. The molecular formula is C34H30ClN3O3S2. The summed E-state index contributed by atoms with van der Waals surface area (Å²) in [5.41, 5.74) is 4.63. The molecule has 3 aromatic carbocycles. The van der Waals surface area contributed by atoms with Gasteiger partial charge in [0.2, 0.25) is 0 Å². The summed E-state index contributed by atoms with van der Waals surface area (Å²) < 4.78 is 9.98. The lowest BCUT2D eigenvalue weighted by atomic mass is 9.96. The molecule has 1 aliphatic heterocycles. The zero-order valence-electron chi connectivity index (χ0n) is 24.2. The van der Waals surface area contributed by atoms with Crippen LogP contribution in [0.15, 0.2) is 105 Å². The zero-order valence-corrected chi connectivity index (χ0v) is 26.6. The van der Waals surface area contributed by atoms with Gasteiger partial charge in [-0.25, -0.2) is 9.79 Å². The topological polar surface area (TPSA) is 65.6 Å². The fourth-order valence-corrected chi connectivity index (χ4v) is 7.11. The normalized spacial score (nSPS) is 15.2. The van der Waals surface area contributed by atoms with E-state index in [1.807, 2.05) is 86.8 Å². The molecule has 0 unspecified atom stereocenters. The molecule has 0 saturated heterocycles. The monoisotopic (exact) mass is 627 g/mol. The van der Waals surface area contributed by atoms with E-state index in [2.05, 4.69) is 22.9 Å². The molecule has 218 valence electrons. The molecule has 0 saturated carbocycles. The number of allylic oxidation sites excluding steroid dienone is 1. The minimum atomic E-state index is -0.648. The number of carbonyl (C=O) groups excluding carboxylic acids is 1. The van der Waals surface area contributed by atoms with Crippen molar-refractivity contribution in [3.8, 4) is 0 Å². The molecule has 43 heavy (non-hydrogen) atoms. The quantitative estimate of drug-likeness (QED) is 0.151. The van der Waals surface area contributed by atoms with Crippen LogP contribution in [0.4, 0.5) is 0 Å². The molecule has 0 amide bonds. The largest absolute Gasteiger partial charge is 0.459 e. The number of rotatable bonds is 7. The van der Waals surface area contributed by atoms with Crippen LogP contribution in [0.5, 0.6) is 0 Å². The highest BCUT2D eigenvalue weighted by Crippen LogP contribution is 2.32. The standard InChI is InChI=1S/C34H30ClN3O3S2/c1-20(2)41-33(40)30-21(3)36-34-38(31(30)23-12-14-26(42-4)15-13-23)32(39)29(43-34)17-24-19-37(28-11-6-5-10-27(24)28)18-22-8-7-9-25(35)16-22/h5-17,19-20,31H,18H2,1-4H3/b29-17-/t31-/m0/s1. The predicted molar refractivity (Wildman–Crippen MR) is 176 cm³/mol. The molecule has 1 aliphatic rings. The number of halogens is 1. The van der Waals surface area contributed by atoms with Gasteiger partial charge >= 0.3 is 5.97 Å². The van der Waals surface area contributed by atoms with Gasteiger partial charge in [0.05, 0.1) is 27.9 Å².